The molecule has 1 unspecified atom stereocenters. The van der Waals surface area contributed by atoms with Gasteiger partial charge in [-0.15, -0.1) is 6.58 Å². The van der Waals surface area contributed by atoms with Gasteiger partial charge in [-0.25, -0.2) is 0 Å². The van der Waals surface area contributed by atoms with Gasteiger partial charge >= 0.3 is 0 Å². The minimum absolute atomic E-state index is 0.460. The minimum Gasteiger partial charge on any atom is -0.377 e. The predicted molar refractivity (Wildman–Crippen MR) is 26.7 cm³/mol. The lowest BCUT2D eigenvalue weighted by molar-refractivity contribution is 0.260. The number of hydrogen-bond donors (Lipinski definition) is 1. The second-order valence-corrected chi connectivity index (χ2v) is 1.46. The highest BCUT2D eigenvalue weighted by molar-refractivity contribution is 6.19. The molecule has 1 nitrogen and oxygen atoms in total. The predicted octanol–water partition coefficient (Wildman–Crippen LogP) is 1.12. The molecule has 0 amide bonds. The topological polar surface area (TPSA) is 20.2 Å². The summed E-state index contributed by atoms with van der Waals surface area (Å²) in [5.74, 6) is 0. The molecule has 0 aliphatic heterocycles. The monoisotopic (exact) mass is 106 g/mol. The van der Waals surface area contributed by atoms with Crippen LogP contribution in [0.1, 0.15) is 6.42 Å². The van der Waals surface area contributed by atoms with Crippen molar-refractivity contribution in [3.8, 4) is 0 Å². The molecular formula is C4H7ClO. The number of aliphatic hydroxyl groups excluding tert-OH is 1. The minimum atomic E-state index is -0.748. The summed E-state index contributed by atoms with van der Waals surface area (Å²) in [4.78, 5) is 0. The molecule has 1 N–H and O–H groups in total. The summed E-state index contributed by atoms with van der Waals surface area (Å²) in [5, 5.41) is 8.25. The van der Waals surface area contributed by atoms with Crippen molar-refractivity contribution >= 4 is 11.6 Å². The first-order chi connectivity index (χ1) is 2.77. The SMILES string of the molecule is C=CCC(O)Cl. The van der Waals surface area contributed by atoms with Crippen LogP contribution in [0, 0.1) is 0 Å². The Morgan fingerprint density at radius 2 is 2.50 bits per heavy atom. The molecule has 0 heterocycles. The maximum atomic E-state index is 8.25. The average Bonchev–Trinajstić information content (AvgIpc) is 1.35. The third-order valence-electron chi connectivity index (χ3n) is 0.361. The Morgan fingerprint density at radius 1 is 2.00 bits per heavy atom. The van der Waals surface area contributed by atoms with Crippen LogP contribution >= 0.6 is 11.6 Å². The van der Waals surface area contributed by atoms with Crippen LogP contribution in [0.25, 0.3) is 0 Å². The number of hydrogen-bond acceptors (Lipinski definition) is 1. The van der Waals surface area contributed by atoms with Gasteiger partial charge in [0.25, 0.3) is 0 Å². The number of aliphatic hydroxyl groups is 1. The average molecular weight is 107 g/mol. The zero-order valence-corrected chi connectivity index (χ0v) is 4.15. The molecule has 0 aliphatic rings. The first kappa shape index (κ1) is 5.99. The van der Waals surface area contributed by atoms with E-state index in [1.54, 1.807) is 6.08 Å². The van der Waals surface area contributed by atoms with Crippen molar-refractivity contribution in [2.45, 2.75) is 12.0 Å². The molecular weight excluding hydrogens is 99.5 g/mol. The number of alkyl halides is 1. The van der Waals surface area contributed by atoms with Crippen LogP contribution in [0.3, 0.4) is 0 Å². The first-order valence-electron chi connectivity index (χ1n) is 1.70. The lowest BCUT2D eigenvalue weighted by Crippen LogP contribution is -1.89. The fraction of sp³-hybridized carbons (Fsp3) is 0.500. The summed E-state index contributed by atoms with van der Waals surface area (Å²) in [6.45, 7) is 3.36. The van der Waals surface area contributed by atoms with Crippen molar-refractivity contribution in [1.29, 1.82) is 0 Å². The van der Waals surface area contributed by atoms with Crippen molar-refractivity contribution in [2.75, 3.05) is 0 Å². The molecule has 0 radical (unpaired) electrons. The van der Waals surface area contributed by atoms with Crippen LogP contribution in [0.15, 0.2) is 12.7 Å². The Morgan fingerprint density at radius 3 is 2.50 bits per heavy atom. The third-order valence-corrected chi connectivity index (χ3v) is 0.539. The van der Waals surface area contributed by atoms with Crippen LogP contribution in [-0.4, -0.2) is 10.7 Å². The van der Waals surface area contributed by atoms with E-state index in [4.69, 9.17) is 16.7 Å². The second-order valence-electron chi connectivity index (χ2n) is 0.959. The van der Waals surface area contributed by atoms with Gasteiger partial charge in [-0.3, -0.25) is 0 Å². The molecule has 0 aromatic carbocycles. The van der Waals surface area contributed by atoms with Gasteiger partial charge in [-0.2, -0.15) is 0 Å². The van der Waals surface area contributed by atoms with Gasteiger partial charge in [0.15, 0.2) is 0 Å². The molecule has 0 aromatic heterocycles. The molecule has 0 rings (SSSR count). The van der Waals surface area contributed by atoms with Crippen LogP contribution < -0.4 is 0 Å². The Labute approximate surface area is 42.2 Å². The number of rotatable bonds is 2. The van der Waals surface area contributed by atoms with E-state index in [-0.39, 0.29) is 0 Å². The smallest absolute Gasteiger partial charge is 0.131 e. The Hall–Kier alpha value is -0.0100. The largest absolute Gasteiger partial charge is 0.377 e. The van der Waals surface area contributed by atoms with E-state index in [1.165, 1.54) is 0 Å². The van der Waals surface area contributed by atoms with Gasteiger partial charge in [0.1, 0.15) is 5.56 Å². The molecule has 0 aliphatic carbocycles. The lowest BCUT2D eigenvalue weighted by atomic mass is 10.5. The molecule has 36 valence electrons. The summed E-state index contributed by atoms with van der Waals surface area (Å²) in [5.41, 5.74) is -0.748. The standard InChI is InChI=1S/C4H7ClO/c1-2-3-4(5)6/h2,4,6H,1,3H2. The van der Waals surface area contributed by atoms with E-state index in [2.05, 4.69) is 6.58 Å². The van der Waals surface area contributed by atoms with Gasteiger partial charge in [0, 0.05) is 6.42 Å². The van der Waals surface area contributed by atoms with Gasteiger partial charge in [0.05, 0.1) is 0 Å². The molecule has 2 heteroatoms. The van der Waals surface area contributed by atoms with Crippen molar-refractivity contribution in [3.05, 3.63) is 12.7 Å². The summed E-state index contributed by atoms with van der Waals surface area (Å²) in [6.07, 6.45) is 2.03. The second kappa shape index (κ2) is 3.19. The van der Waals surface area contributed by atoms with Crippen LogP contribution in [-0.2, 0) is 0 Å². The highest BCUT2D eigenvalue weighted by Gasteiger charge is 1.87. The maximum absolute atomic E-state index is 8.25. The van der Waals surface area contributed by atoms with E-state index in [1.807, 2.05) is 0 Å². The zero-order valence-electron chi connectivity index (χ0n) is 3.39. The quantitative estimate of drug-likeness (QED) is 0.413. The van der Waals surface area contributed by atoms with E-state index >= 15 is 0 Å². The summed E-state index contributed by atoms with van der Waals surface area (Å²) >= 11 is 5.06. The highest BCUT2D eigenvalue weighted by atomic mass is 35.5. The van der Waals surface area contributed by atoms with Gasteiger partial charge < -0.3 is 5.11 Å². The zero-order chi connectivity index (χ0) is 4.99. The van der Waals surface area contributed by atoms with Crippen molar-refractivity contribution < 1.29 is 5.11 Å². The van der Waals surface area contributed by atoms with E-state index < -0.39 is 5.56 Å². The van der Waals surface area contributed by atoms with Crippen LogP contribution in [0.5, 0.6) is 0 Å². The molecule has 0 aromatic rings. The maximum Gasteiger partial charge on any atom is 0.131 e. The van der Waals surface area contributed by atoms with E-state index in [9.17, 15) is 0 Å². The molecule has 6 heavy (non-hydrogen) atoms. The Balaban J connectivity index is 2.81. The fourth-order valence-electron chi connectivity index (χ4n) is 0.138. The van der Waals surface area contributed by atoms with Gasteiger partial charge in [-0.1, -0.05) is 17.7 Å². The van der Waals surface area contributed by atoms with Crippen LogP contribution in [0.2, 0.25) is 0 Å². The molecule has 1 atom stereocenters. The molecule has 0 spiro atoms. The van der Waals surface area contributed by atoms with Crippen molar-refractivity contribution in [1.82, 2.24) is 0 Å². The third kappa shape index (κ3) is 3.99. The molecule has 0 fully saturated rings. The normalized spacial score (nSPS) is 13.7. The Kier molecular flexibility index (Phi) is 3.19. The fourth-order valence-corrected chi connectivity index (χ4v) is 0.264. The summed E-state index contributed by atoms with van der Waals surface area (Å²) in [7, 11) is 0. The molecule has 0 bridgehead atoms. The summed E-state index contributed by atoms with van der Waals surface area (Å²) in [6, 6.07) is 0. The van der Waals surface area contributed by atoms with Gasteiger partial charge in [-0.05, 0) is 0 Å². The Bertz CT molecular complexity index is 42.8. The first-order valence-corrected chi connectivity index (χ1v) is 2.14. The lowest BCUT2D eigenvalue weighted by Gasteiger charge is -1.89. The van der Waals surface area contributed by atoms with Crippen LogP contribution in [0.4, 0.5) is 0 Å². The molecule has 0 saturated heterocycles. The van der Waals surface area contributed by atoms with Gasteiger partial charge in [0.2, 0.25) is 0 Å². The van der Waals surface area contributed by atoms with Crippen molar-refractivity contribution in [3.63, 3.8) is 0 Å². The highest BCUT2D eigenvalue weighted by Crippen LogP contribution is 1.94. The van der Waals surface area contributed by atoms with E-state index in [0.717, 1.165) is 0 Å². The summed E-state index contributed by atoms with van der Waals surface area (Å²) < 4.78 is 0. The van der Waals surface area contributed by atoms with E-state index in [0.29, 0.717) is 6.42 Å². The molecule has 0 saturated carbocycles. The number of halogens is 1. The van der Waals surface area contributed by atoms with Crippen molar-refractivity contribution in [2.24, 2.45) is 0 Å².